The van der Waals surface area contributed by atoms with Gasteiger partial charge in [0.2, 0.25) is 5.91 Å². The molecule has 186 valence electrons. The van der Waals surface area contributed by atoms with Gasteiger partial charge in [-0.25, -0.2) is 4.99 Å². The number of rotatable bonds is 5. The maximum atomic E-state index is 13.7. The van der Waals surface area contributed by atoms with Crippen LogP contribution in [0.1, 0.15) is 36.8 Å². The molecule has 5 aliphatic rings. The third-order valence-electron chi connectivity index (χ3n) is 8.35. The lowest BCUT2D eigenvalue weighted by Gasteiger charge is -2.25. The number of fused-ring (bicyclic) bond motifs is 1. The van der Waals surface area contributed by atoms with E-state index in [9.17, 15) is 9.59 Å². The van der Waals surface area contributed by atoms with E-state index in [0.29, 0.717) is 32.1 Å². The summed E-state index contributed by atoms with van der Waals surface area (Å²) in [6, 6.07) is 14.7. The highest BCUT2D eigenvalue weighted by atomic mass is 16.5. The van der Waals surface area contributed by atoms with Gasteiger partial charge in [0.25, 0.3) is 5.91 Å². The minimum atomic E-state index is -0.796. The van der Waals surface area contributed by atoms with Crippen molar-refractivity contribution in [1.29, 1.82) is 0 Å². The Labute approximate surface area is 211 Å². The molecule has 7 rings (SSSR count). The van der Waals surface area contributed by atoms with E-state index < -0.39 is 5.54 Å². The van der Waals surface area contributed by atoms with E-state index in [1.165, 1.54) is 11.1 Å². The Morgan fingerprint density at radius 1 is 1.03 bits per heavy atom. The second kappa shape index (κ2) is 8.44. The van der Waals surface area contributed by atoms with Crippen LogP contribution >= 0.6 is 0 Å². The van der Waals surface area contributed by atoms with E-state index in [1.807, 2.05) is 9.80 Å². The Balaban J connectivity index is 1.14. The van der Waals surface area contributed by atoms with Gasteiger partial charge in [0.15, 0.2) is 5.54 Å². The van der Waals surface area contributed by atoms with Crippen molar-refractivity contribution >= 4 is 17.6 Å². The van der Waals surface area contributed by atoms with Crippen LogP contribution < -0.4 is 4.74 Å². The van der Waals surface area contributed by atoms with Crippen molar-refractivity contribution in [1.82, 2.24) is 9.80 Å². The van der Waals surface area contributed by atoms with Crippen LogP contribution in [0, 0.1) is 11.8 Å². The van der Waals surface area contributed by atoms with E-state index >= 15 is 0 Å². The van der Waals surface area contributed by atoms with Crippen LogP contribution in [0.15, 0.2) is 47.5 Å². The SMILES string of the molecule is O=C(C1CC1)N1CC[C@@H](CN2C(=O)C3(CCOC3)N=C2c2ccc(-c3ccc4c(c3)CCO4)cc2)C1. The molecule has 36 heavy (non-hydrogen) atoms. The number of benzene rings is 2. The van der Waals surface area contributed by atoms with Crippen LogP contribution in [0.4, 0.5) is 0 Å². The smallest absolute Gasteiger partial charge is 0.258 e. The third-order valence-corrected chi connectivity index (χ3v) is 8.35. The molecule has 4 aliphatic heterocycles. The molecular formula is C29H31N3O4. The molecule has 7 heteroatoms. The highest BCUT2D eigenvalue weighted by Gasteiger charge is 2.51. The van der Waals surface area contributed by atoms with E-state index in [0.717, 1.165) is 68.1 Å². The average Bonchev–Trinajstić information content (AvgIpc) is 3.24. The summed E-state index contributed by atoms with van der Waals surface area (Å²) in [6.45, 7) is 3.78. The summed E-state index contributed by atoms with van der Waals surface area (Å²) in [4.78, 5) is 35.1. The largest absolute Gasteiger partial charge is 0.493 e. The van der Waals surface area contributed by atoms with Crippen LogP contribution in [0.3, 0.4) is 0 Å². The van der Waals surface area contributed by atoms with E-state index in [2.05, 4.69) is 42.5 Å². The zero-order chi connectivity index (χ0) is 24.3. The van der Waals surface area contributed by atoms with Crippen molar-refractivity contribution < 1.29 is 19.1 Å². The number of nitrogens with zero attached hydrogens (tertiary/aromatic N) is 3. The second-order valence-corrected chi connectivity index (χ2v) is 10.9. The maximum absolute atomic E-state index is 13.7. The molecule has 2 amide bonds. The molecule has 0 bridgehead atoms. The monoisotopic (exact) mass is 485 g/mol. The molecule has 0 radical (unpaired) electrons. The quantitative estimate of drug-likeness (QED) is 0.652. The Morgan fingerprint density at radius 2 is 1.83 bits per heavy atom. The van der Waals surface area contributed by atoms with Crippen molar-refractivity contribution in [3.05, 3.63) is 53.6 Å². The van der Waals surface area contributed by atoms with Crippen molar-refractivity contribution in [3.63, 3.8) is 0 Å². The van der Waals surface area contributed by atoms with Crippen LogP contribution in [-0.2, 0) is 20.7 Å². The number of amidine groups is 1. The fraction of sp³-hybridized carbons (Fsp3) is 0.483. The van der Waals surface area contributed by atoms with Crippen molar-refractivity contribution in [2.24, 2.45) is 16.8 Å². The van der Waals surface area contributed by atoms with Gasteiger partial charge in [-0.3, -0.25) is 14.5 Å². The first-order valence-corrected chi connectivity index (χ1v) is 13.2. The Hall–Kier alpha value is -3.19. The highest BCUT2D eigenvalue weighted by Crippen LogP contribution is 2.37. The molecule has 1 saturated carbocycles. The van der Waals surface area contributed by atoms with Crippen molar-refractivity contribution in [2.45, 2.75) is 37.6 Å². The average molecular weight is 486 g/mol. The summed E-state index contributed by atoms with van der Waals surface area (Å²) in [7, 11) is 0. The number of carbonyl (C=O) groups is 2. The van der Waals surface area contributed by atoms with Gasteiger partial charge in [0.05, 0.1) is 13.2 Å². The molecular weight excluding hydrogens is 454 g/mol. The molecule has 7 nitrogen and oxygen atoms in total. The number of hydrogen-bond acceptors (Lipinski definition) is 5. The molecule has 0 aromatic heterocycles. The standard InChI is InChI=1S/C29H31N3O4/c33-27(22-5-6-22)31-12-9-19(16-31)17-32-26(30-29(28(32)34)11-14-35-18-29)21-3-1-20(2-4-21)23-7-8-25-24(15-23)10-13-36-25/h1-4,7-8,15,19,22H,5-6,9-14,16-18H2/t19-,29?/m1/s1. The van der Waals surface area contributed by atoms with Gasteiger partial charge >= 0.3 is 0 Å². The molecule has 2 aromatic carbocycles. The van der Waals surface area contributed by atoms with Crippen LogP contribution in [0.2, 0.25) is 0 Å². The number of aliphatic imine (C=N–C) groups is 1. The summed E-state index contributed by atoms with van der Waals surface area (Å²) in [5.41, 5.74) is 3.70. The summed E-state index contributed by atoms with van der Waals surface area (Å²) in [6.07, 6.45) is 4.56. The molecule has 1 aliphatic carbocycles. The summed E-state index contributed by atoms with van der Waals surface area (Å²) in [5.74, 6) is 2.58. The van der Waals surface area contributed by atoms with E-state index in [4.69, 9.17) is 14.5 Å². The van der Waals surface area contributed by atoms with Gasteiger partial charge < -0.3 is 14.4 Å². The molecule has 4 heterocycles. The molecule has 1 spiro atoms. The zero-order valence-electron chi connectivity index (χ0n) is 20.4. The first kappa shape index (κ1) is 22.0. The zero-order valence-corrected chi connectivity index (χ0v) is 20.4. The number of carbonyl (C=O) groups excluding carboxylic acids is 2. The minimum absolute atomic E-state index is 0.0460. The molecule has 2 aromatic rings. The lowest BCUT2D eigenvalue weighted by molar-refractivity contribution is -0.131. The van der Waals surface area contributed by atoms with Gasteiger partial charge in [-0.1, -0.05) is 30.3 Å². The van der Waals surface area contributed by atoms with Crippen molar-refractivity contribution in [2.75, 3.05) is 39.5 Å². The van der Waals surface area contributed by atoms with Gasteiger partial charge in [0, 0.05) is 50.6 Å². The minimum Gasteiger partial charge on any atom is -0.493 e. The molecule has 1 unspecified atom stereocenters. The molecule has 3 fully saturated rings. The summed E-state index contributed by atoms with van der Waals surface area (Å²) in [5, 5.41) is 0. The van der Waals surface area contributed by atoms with E-state index in [-0.39, 0.29) is 17.7 Å². The number of ether oxygens (including phenoxy) is 2. The maximum Gasteiger partial charge on any atom is 0.258 e. The second-order valence-electron chi connectivity index (χ2n) is 10.9. The van der Waals surface area contributed by atoms with Crippen LogP contribution in [0.5, 0.6) is 5.75 Å². The van der Waals surface area contributed by atoms with Crippen molar-refractivity contribution in [3.8, 4) is 16.9 Å². The number of amides is 2. The molecule has 2 saturated heterocycles. The third kappa shape index (κ3) is 3.72. The predicted molar refractivity (Wildman–Crippen MR) is 135 cm³/mol. The normalized spacial score (nSPS) is 27.1. The van der Waals surface area contributed by atoms with Gasteiger partial charge in [-0.2, -0.15) is 0 Å². The number of likely N-dealkylation sites (tertiary alicyclic amines) is 1. The van der Waals surface area contributed by atoms with Crippen LogP contribution in [-0.4, -0.2) is 72.4 Å². The van der Waals surface area contributed by atoms with Gasteiger partial charge in [-0.15, -0.1) is 0 Å². The van der Waals surface area contributed by atoms with Crippen LogP contribution in [0.25, 0.3) is 11.1 Å². The number of hydrogen-bond donors (Lipinski definition) is 0. The predicted octanol–water partition coefficient (Wildman–Crippen LogP) is 3.29. The molecule has 2 atom stereocenters. The molecule has 0 N–H and O–H groups in total. The van der Waals surface area contributed by atoms with E-state index in [1.54, 1.807) is 0 Å². The topological polar surface area (TPSA) is 71.4 Å². The lowest BCUT2D eigenvalue weighted by Crippen LogP contribution is -2.45. The fourth-order valence-corrected chi connectivity index (χ4v) is 6.07. The first-order valence-electron chi connectivity index (χ1n) is 13.2. The lowest BCUT2D eigenvalue weighted by atomic mass is 9.98. The Morgan fingerprint density at radius 3 is 2.61 bits per heavy atom. The Kier molecular flexibility index (Phi) is 5.17. The van der Waals surface area contributed by atoms with Gasteiger partial charge in [0.1, 0.15) is 11.6 Å². The highest BCUT2D eigenvalue weighted by molar-refractivity contribution is 6.15. The van der Waals surface area contributed by atoms with Gasteiger partial charge in [-0.05, 0) is 54.0 Å². The Bertz CT molecular complexity index is 1240. The summed E-state index contributed by atoms with van der Waals surface area (Å²) >= 11 is 0. The fourth-order valence-electron chi connectivity index (χ4n) is 6.07. The summed E-state index contributed by atoms with van der Waals surface area (Å²) < 4.78 is 11.3. The first-order chi connectivity index (χ1) is 17.6.